The molecule has 0 unspecified atom stereocenters. The Labute approximate surface area is 161 Å². The molecule has 2 aromatic rings. The molecule has 0 radical (unpaired) electrons. The van der Waals surface area contributed by atoms with Crippen LogP contribution in [0, 0.1) is 0 Å². The zero-order chi connectivity index (χ0) is 20.7. The van der Waals surface area contributed by atoms with Crippen molar-refractivity contribution < 1.29 is 22.8 Å². The maximum atomic E-state index is 13.0. The van der Waals surface area contributed by atoms with Crippen LogP contribution in [0.3, 0.4) is 0 Å². The number of halogens is 3. The van der Waals surface area contributed by atoms with Crippen LogP contribution in [0.4, 0.5) is 18.9 Å². The van der Waals surface area contributed by atoms with E-state index in [0.717, 1.165) is 12.1 Å². The maximum absolute atomic E-state index is 13.0. The van der Waals surface area contributed by atoms with E-state index in [1.165, 1.54) is 11.0 Å². The van der Waals surface area contributed by atoms with Gasteiger partial charge in [-0.25, -0.2) is 0 Å². The van der Waals surface area contributed by atoms with E-state index in [9.17, 15) is 22.8 Å². The predicted octanol–water partition coefficient (Wildman–Crippen LogP) is 3.27. The lowest BCUT2D eigenvalue weighted by Crippen LogP contribution is -2.37. The molecule has 0 aliphatic carbocycles. The molecule has 0 atom stereocenters. The average molecular weight is 393 g/mol. The number of nitrogens with zero attached hydrogens (tertiary/aromatic N) is 1. The largest absolute Gasteiger partial charge is 0.416 e. The number of anilines is 1. The summed E-state index contributed by atoms with van der Waals surface area (Å²) in [6, 6.07) is 9.77. The van der Waals surface area contributed by atoms with Gasteiger partial charge < -0.3 is 20.3 Å². The van der Waals surface area contributed by atoms with Crippen LogP contribution >= 0.6 is 0 Å². The Morgan fingerprint density at radius 2 is 1.82 bits per heavy atom. The molecule has 0 aliphatic rings. The number of aldehydes is 1. The monoisotopic (exact) mass is 393 g/mol. The Morgan fingerprint density at radius 3 is 2.43 bits per heavy atom. The summed E-state index contributed by atoms with van der Waals surface area (Å²) in [5.74, 6) is -0.375. The van der Waals surface area contributed by atoms with Crippen molar-refractivity contribution in [2.24, 2.45) is 0 Å². The number of hydrogen-bond acceptors (Lipinski definition) is 4. The second kappa shape index (κ2) is 9.36. The molecular formula is C20H22F3N3O2. The number of alkyl halides is 3. The molecular weight excluding hydrogens is 371 g/mol. The van der Waals surface area contributed by atoms with E-state index in [0.29, 0.717) is 36.2 Å². The zero-order valence-corrected chi connectivity index (χ0v) is 15.6. The molecule has 0 saturated heterocycles. The molecule has 0 aliphatic heterocycles. The minimum Gasteiger partial charge on any atom is -0.387 e. The smallest absolute Gasteiger partial charge is 0.387 e. The highest BCUT2D eigenvalue weighted by molar-refractivity contribution is 6.01. The number of amides is 1. The lowest BCUT2D eigenvalue weighted by molar-refractivity contribution is -0.137. The summed E-state index contributed by atoms with van der Waals surface area (Å²) < 4.78 is 39.0. The number of rotatable bonds is 8. The van der Waals surface area contributed by atoms with Crippen molar-refractivity contribution in [3.8, 4) is 11.1 Å². The lowest BCUT2D eigenvalue weighted by atomic mass is 9.99. The number of carbonyl (C=O) groups excluding carboxylic acids is 2. The van der Waals surface area contributed by atoms with Crippen molar-refractivity contribution in [3.63, 3.8) is 0 Å². The molecule has 28 heavy (non-hydrogen) atoms. The van der Waals surface area contributed by atoms with Gasteiger partial charge >= 0.3 is 6.18 Å². The highest BCUT2D eigenvalue weighted by atomic mass is 19.4. The van der Waals surface area contributed by atoms with E-state index in [-0.39, 0.29) is 18.0 Å². The quantitative estimate of drug-likeness (QED) is 0.676. The molecule has 0 saturated carbocycles. The van der Waals surface area contributed by atoms with Crippen LogP contribution in [0.1, 0.15) is 15.9 Å². The molecule has 2 rings (SSSR count). The normalized spacial score (nSPS) is 11.2. The van der Waals surface area contributed by atoms with Gasteiger partial charge in [0.1, 0.15) is 6.29 Å². The van der Waals surface area contributed by atoms with Crippen molar-refractivity contribution in [1.29, 1.82) is 0 Å². The van der Waals surface area contributed by atoms with Crippen molar-refractivity contribution in [3.05, 3.63) is 53.6 Å². The van der Waals surface area contributed by atoms with Crippen molar-refractivity contribution in [2.75, 3.05) is 39.0 Å². The standard InChI is InChI=1S/C20H22F3N3O2/c1-24-8-9-26(10-11-27)19(28)17-13-15(6-7-18(17)25-2)14-4-3-5-16(12-14)20(21,22)23/h3-7,11-13,24-25H,8-10H2,1-2H3. The maximum Gasteiger partial charge on any atom is 0.416 e. The first-order valence-corrected chi connectivity index (χ1v) is 8.68. The molecule has 0 spiro atoms. The van der Waals surface area contributed by atoms with E-state index >= 15 is 0 Å². The van der Waals surface area contributed by atoms with Crippen LogP contribution in [0.25, 0.3) is 11.1 Å². The second-order valence-electron chi connectivity index (χ2n) is 6.11. The van der Waals surface area contributed by atoms with E-state index in [1.807, 2.05) is 0 Å². The van der Waals surface area contributed by atoms with Gasteiger partial charge in [-0.1, -0.05) is 18.2 Å². The van der Waals surface area contributed by atoms with Gasteiger partial charge in [-0.05, 0) is 42.4 Å². The van der Waals surface area contributed by atoms with Gasteiger partial charge in [-0.3, -0.25) is 4.79 Å². The first kappa shape index (κ1) is 21.4. The van der Waals surface area contributed by atoms with Crippen LogP contribution in [0.5, 0.6) is 0 Å². The molecule has 0 fully saturated rings. The Balaban J connectivity index is 2.46. The fourth-order valence-electron chi connectivity index (χ4n) is 2.78. The minimum atomic E-state index is -4.45. The summed E-state index contributed by atoms with van der Waals surface area (Å²) in [6.45, 7) is 0.754. The van der Waals surface area contributed by atoms with Gasteiger partial charge in [0.2, 0.25) is 0 Å². The van der Waals surface area contributed by atoms with Gasteiger partial charge in [0.05, 0.1) is 17.7 Å². The highest BCUT2D eigenvalue weighted by Gasteiger charge is 2.30. The predicted molar refractivity (Wildman–Crippen MR) is 102 cm³/mol. The van der Waals surface area contributed by atoms with Gasteiger partial charge in [-0.2, -0.15) is 13.2 Å². The van der Waals surface area contributed by atoms with E-state index in [1.54, 1.807) is 38.4 Å². The summed E-state index contributed by atoms with van der Waals surface area (Å²) in [5, 5.41) is 5.83. The van der Waals surface area contributed by atoms with Crippen molar-refractivity contribution in [1.82, 2.24) is 10.2 Å². The summed E-state index contributed by atoms with van der Waals surface area (Å²) >= 11 is 0. The van der Waals surface area contributed by atoms with Gasteiger partial charge in [0.25, 0.3) is 5.91 Å². The fourth-order valence-corrected chi connectivity index (χ4v) is 2.78. The molecule has 150 valence electrons. The summed E-state index contributed by atoms with van der Waals surface area (Å²) in [4.78, 5) is 25.3. The Kier molecular flexibility index (Phi) is 7.17. The first-order chi connectivity index (χ1) is 13.3. The van der Waals surface area contributed by atoms with Gasteiger partial charge in [0, 0.05) is 25.8 Å². The molecule has 2 aromatic carbocycles. The highest BCUT2D eigenvalue weighted by Crippen LogP contribution is 2.33. The van der Waals surface area contributed by atoms with Crippen LogP contribution in [0.2, 0.25) is 0 Å². The van der Waals surface area contributed by atoms with Crippen LogP contribution < -0.4 is 10.6 Å². The van der Waals surface area contributed by atoms with E-state index in [4.69, 9.17) is 0 Å². The van der Waals surface area contributed by atoms with Crippen molar-refractivity contribution in [2.45, 2.75) is 6.18 Å². The topological polar surface area (TPSA) is 61.4 Å². The first-order valence-electron chi connectivity index (χ1n) is 8.68. The van der Waals surface area contributed by atoms with Crippen LogP contribution in [-0.2, 0) is 11.0 Å². The fraction of sp³-hybridized carbons (Fsp3) is 0.300. The number of hydrogen-bond donors (Lipinski definition) is 2. The van der Waals surface area contributed by atoms with Crippen LogP contribution in [0.15, 0.2) is 42.5 Å². The van der Waals surface area contributed by atoms with Gasteiger partial charge in [0.15, 0.2) is 0 Å². The van der Waals surface area contributed by atoms with E-state index < -0.39 is 11.7 Å². The number of benzene rings is 2. The molecule has 5 nitrogen and oxygen atoms in total. The molecule has 0 bridgehead atoms. The zero-order valence-electron chi connectivity index (χ0n) is 15.6. The third kappa shape index (κ3) is 5.10. The SMILES string of the molecule is CNCCN(CC=O)C(=O)c1cc(-c2cccc(C(F)(F)F)c2)ccc1NC. The van der Waals surface area contributed by atoms with E-state index in [2.05, 4.69) is 10.6 Å². The van der Waals surface area contributed by atoms with Crippen LogP contribution in [-0.4, -0.2) is 50.8 Å². The number of carbonyl (C=O) groups is 2. The molecule has 0 aromatic heterocycles. The second-order valence-corrected chi connectivity index (χ2v) is 6.11. The number of nitrogens with one attached hydrogen (secondary N) is 2. The molecule has 0 heterocycles. The minimum absolute atomic E-state index is 0.0720. The van der Waals surface area contributed by atoms with Gasteiger partial charge in [-0.15, -0.1) is 0 Å². The Bertz CT molecular complexity index is 838. The summed E-state index contributed by atoms with van der Waals surface area (Å²) in [5.41, 5.74) is 0.889. The average Bonchev–Trinajstić information content (AvgIpc) is 2.69. The Hall–Kier alpha value is -2.87. The molecule has 8 heteroatoms. The summed E-state index contributed by atoms with van der Waals surface area (Å²) in [6.07, 6.45) is -3.81. The molecule has 1 amide bonds. The third-order valence-electron chi connectivity index (χ3n) is 4.26. The number of likely N-dealkylation sites (N-methyl/N-ethyl adjacent to an activating group) is 1. The Morgan fingerprint density at radius 1 is 1.11 bits per heavy atom. The summed E-state index contributed by atoms with van der Waals surface area (Å²) in [7, 11) is 3.38. The third-order valence-corrected chi connectivity index (χ3v) is 4.26. The van der Waals surface area contributed by atoms with Crippen molar-refractivity contribution >= 4 is 17.9 Å². The molecule has 2 N–H and O–H groups in total. The lowest BCUT2D eigenvalue weighted by Gasteiger charge is -2.22.